The lowest BCUT2D eigenvalue weighted by atomic mass is 10.0. The maximum Gasteiger partial charge on any atom is 0.231 e. The number of benzene rings is 1. The second-order valence-corrected chi connectivity index (χ2v) is 9.35. The molecule has 2 saturated heterocycles. The summed E-state index contributed by atoms with van der Waals surface area (Å²) in [4.78, 5) is 16.9. The maximum absolute atomic E-state index is 12.9. The van der Waals surface area contributed by atoms with Crippen molar-refractivity contribution in [3.8, 4) is 11.5 Å². The lowest BCUT2D eigenvalue weighted by molar-refractivity contribution is -0.136. The number of carbonyl (C=O) groups excluding carboxylic acids is 1. The smallest absolute Gasteiger partial charge is 0.231 e. The summed E-state index contributed by atoms with van der Waals surface area (Å²) in [5.41, 5.74) is 0.854. The Kier molecular flexibility index (Phi) is 4.56. The molecule has 7 nitrogen and oxygen atoms in total. The molecular weight excluding hydrogens is 356 g/mol. The van der Waals surface area contributed by atoms with Gasteiger partial charge in [-0.1, -0.05) is 13.0 Å². The Bertz CT molecular complexity index is 810. The number of amides is 1. The van der Waals surface area contributed by atoms with E-state index >= 15 is 0 Å². The van der Waals surface area contributed by atoms with Crippen LogP contribution in [0.25, 0.3) is 0 Å². The highest BCUT2D eigenvalue weighted by molar-refractivity contribution is 7.91. The zero-order valence-corrected chi connectivity index (χ0v) is 15.7. The predicted octanol–water partition coefficient (Wildman–Crippen LogP) is 0.678. The number of sulfone groups is 1. The van der Waals surface area contributed by atoms with E-state index in [1.54, 1.807) is 4.90 Å². The number of rotatable bonds is 4. The Labute approximate surface area is 153 Å². The van der Waals surface area contributed by atoms with Crippen molar-refractivity contribution in [2.45, 2.75) is 31.8 Å². The summed E-state index contributed by atoms with van der Waals surface area (Å²) in [5, 5.41) is 0. The van der Waals surface area contributed by atoms with Gasteiger partial charge in [0, 0.05) is 19.1 Å². The molecule has 2 fully saturated rings. The summed E-state index contributed by atoms with van der Waals surface area (Å²) in [5.74, 6) is 1.56. The minimum Gasteiger partial charge on any atom is -0.454 e. The fourth-order valence-electron chi connectivity index (χ4n) is 4.23. The summed E-state index contributed by atoms with van der Waals surface area (Å²) in [6.07, 6.45) is 1.22. The molecule has 26 heavy (non-hydrogen) atoms. The summed E-state index contributed by atoms with van der Waals surface area (Å²) in [6.45, 7) is 4.49. The molecule has 4 rings (SSSR count). The average Bonchev–Trinajstić information content (AvgIpc) is 3.17. The van der Waals surface area contributed by atoms with E-state index in [0.717, 1.165) is 25.1 Å². The topological polar surface area (TPSA) is 76.2 Å². The van der Waals surface area contributed by atoms with Crippen LogP contribution in [0.5, 0.6) is 11.5 Å². The van der Waals surface area contributed by atoms with Crippen molar-refractivity contribution in [1.82, 2.24) is 9.80 Å². The van der Waals surface area contributed by atoms with Crippen molar-refractivity contribution in [2.24, 2.45) is 0 Å². The summed E-state index contributed by atoms with van der Waals surface area (Å²) < 4.78 is 35.1. The van der Waals surface area contributed by atoms with Crippen molar-refractivity contribution < 1.29 is 22.7 Å². The van der Waals surface area contributed by atoms with Gasteiger partial charge in [0.05, 0.1) is 24.0 Å². The van der Waals surface area contributed by atoms with Crippen molar-refractivity contribution in [3.63, 3.8) is 0 Å². The molecule has 2 unspecified atom stereocenters. The third-order valence-electron chi connectivity index (χ3n) is 5.41. The van der Waals surface area contributed by atoms with E-state index in [4.69, 9.17) is 9.47 Å². The van der Waals surface area contributed by atoms with Gasteiger partial charge in [-0.3, -0.25) is 9.69 Å². The van der Waals surface area contributed by atoms with Crippen molar-refractivity contribution >= 4 is 15.7 Å². The van der Waals surface area contributed by atoms with E-state index in [9.17, 15) is 13.2 Å². The first-order valence-corrected chi connectivity index (χ1v) is 10.9. The van der Waals surface area contributed by atoms with Crippen molar-refractivity contribution in [2.75, 3.05) is 37.9 Å². The number of fused-ring (bicyclic) bond motifs is 2. The van der Waals surface area contributed by atoms with E-state index in [0.29, 0.717) is 18.0 Å². The molecule has 142 valence electrons. The normalized spacial score (nSPS) is 26.7. The van der Waals surface area contributed by atoms with Crippen LogP contribution in [0.15, 0.2) is 18.2 Å². The molecule has 1 aromatic rings. The summed E-state index contributed by atoms with van der Waals surface area (Å²) >= 11 is 0. The molecule has 2 atom stereocenters. The van der Waals surface area contributed by atoms with Gasteiger partial charge in [0.2, 0.25) is 12.7 Å². The van der Waals surface area contributed by atoms with Gasteiger partial charge >= 0.3 is 0 Å². The number of carbonyl (C=O) groups is 1. The molecular formula is C18H24N2O5S. The zero-order chi connectivity index (χ0) is 18.3. The average molecular weight is 380 g/mol. The van der Waals surface area contributed by atoms with E-state index < -0.39 is 9.84 Å². The van der Waals surface area contributed by atoms with Gasteiger partial charge < -0.3 is 14.4 Å². The Balaban J connectivity index is 1.50. The second-order valence-electron chi connectivity index (χ2n) is 7.20. The highest BCUT2D eigenvalue weighted by Crippen LogP contribution is 2.33. The fourth-order valence-corrected chi connectivity index (χ4v) is 6.24. The lowest BCUT2D eigenvalue weighted by Crippen LogP contribution is -2.60. The molecule has 1 aromatic carbocycles. The molecule has 0 aromatic heterocycles. The van der Waals surface area contributed by atoms with E-state index in [2.05, 4.69) is 11.8 Å². The standard InChI is InChI=1S/C18H24N2O5S/c1-2-5-19-6-7-20(15-11-26(22,23)10-14(15)19)18(21)9-13-3-4-16-17(8-13)25-12-24-16/h3-4,8,14-15H,2,5-7,9-12H2,1H3. The third kappa shape index (κ3) is 3.27. The fraction of sp³-hybridized carbons (Fsp3) is 0.611. The van der Waals surface area contributed by atoms with Crippen LogP contribution in [0.4, 0.5) is 0 Å². The molecule has 0 spiro atoms. The molecule has 0 N–H and O–H groups in total. The Hall–Kier alpha value is -1.80. The molecule has 0 aliphatic carbocycles. The van der Waals surface area contributed by atoms with E-state index in [1.807, 2.05) is 18.2 Å². The van der Waals surface area contributed by atoms with E-state index in [-0.39, 0.29) is 42.7 Å². The largest absolute Gasteiger partial charge is 0.454 e. The molecule has 3 heterocycles. The molecule has 0 radical (unpaired) electrons. The van der Waals surface area contributed by atoms with Crippen molar-refractivity contribution in [1.29, 1.82) is 0 Å². The minimum atomic E-state index is -3.10. The Morgan fingerprint density at radius 1 is 1.15 bits per heavy atom. The molecule has 8 heteroatoms. The molecule has 0 bridgehead atoms. The van der Waals surface area contributed by atoms with Crippen LogP contribution in [0, 0.1) is 0 Å². The number of hydrogen-bond donors (Lipinski definition) is 0. The third-order valence-corrected chi connectivity index (χ3v) is 7.11. The predicted molar refractivity (Wildman–Crippen MR) is 96.1 cm³/mol. The van der Waals surface area contributed by atoms with Gasteiger partial charge in [0.25, 0.3) is 0 Å². The highest BCUT2D eigenvalue weighted by Gasteiger charge is 2.47. The van der Waals surface area contributed by atoms with Crippen molar-refractivity contribution in [3.05, 3.63) is 23.8 Å². The summed E-state index contributed by atoms with van der Waals surface area (Å²) in [6, 6.07) is 5.20. The molecule has 3 aliphatic heterocycles. The van der Waals surface area contributed by atoms with Gasteiger partial charge in [-0.2, -0.15) is 0 Å². The molecule has 0 saturated carbocycles. The monoisotopic (exact) mass is 380 g/mol. The minimum absolute atomic E-state index is 0.0212. The first-order valence-electron chi connectivity index (χ1n) is 9.09. The first kappa shape index (κ1) is 17.6. The second kappa shape index (κ2) is 6.74. The van der Waals surface area contributed by atoms with Crippen LogP contribution in [0.3, 0.4) is 0 Å². The van der Waals surface area contributed by atoms with Crippen LogP contribution in [-0.2, 0) is 21.1 Å². The van der Waals surface area contributed by atoms with Crippen LogP contribution < -0.4 is 9.47 Å². The van der Waals surface area contributed by atoms with Gasteiger partial charge in [-0.25, -0.2) is 8.42 Å². The number of hydrogen-bond acceptors (Lipinski definition) is 6. The van der Waals surface area contributed by atoms with Crippen LogP contribution >= 0.6 is 0 Å². The number of piperazine rings is 1. The van der Waals surface area contributed by atoms with Gasteiger partial charge in [0.1, 0.15) is 0 Å². The van der Waals surface area contributed by atoms with Gasteiger partial charge in [-0.15, -0.1) is 0 Å². The summed E-state index contributed by atoms with van der Waals surface area (Å²) in [7, 11) is -3.10. The Morgan fingerprint density at radius 2 is 1.92 bits per heavy atom. The highest BCUT2D eigenvalue weighted by atomic mass is 32.2. The van der Waals surface area contributed by atoms with Crippen LogP contribution in [0.2, 0.25) is 0 Å². The SMILES string of the molecule is CCCN1CCN(C(=O)Cc2ccc3c(c2)OCO3)C2CS(=O)(=O)CC21. The quantitative estimate of drug-likeness (QED) is 0.765. The molecule has 1 amide bonds. The van der Waals surface area contributed by atoms with Crippen LogP contribution in [-0.4, -0.2) is 74.1 Å². The number of ether oxygens (including phenoxy) is 2. The molecule has 3 aliphatic rings. The lowest BCUT2D eigenvalue weighted by Gasteiger charge is -2.44. The van der Waals surface area contributed by atoms with E-state index in [1.165, 1.54) is 0 Å². The maximum atomic E-state index is 12.9. The zero-order valence-electron chi connectivity index (χ0n) is 14.9. The van der Waals surface area contributed by atoms with Gasteiger partial charge in [0.15, 0.2) is 21.3 Å². The number of nitrogens with zero attached hydrogens (tertiary/aromatic N) is 2. The van der Waals surface area contributed by atoms with Gasteiger partial charge in [-0.05, 0) is 30.7 Å². The first-order chi connectivity index (χ1) is 12.5. The van der Waals surface area contributed by atoms with Crippen LogP contribution in [0.1, 0.15) is 18.9 Å². The Morgan fingerprint density at radius 3 is 2.73 bits per heavy atom.